The van der Waals surface area contributed by atoms with Gasteiger partial charge < -0.3 is 22.2 Å². The summed E-state index contributed by atoms with van der Waals surface area (Å²) in [6, 6.07) is 16.7. The minimum atomic E-state index is 0. The maximum Gasteiger partial charge on any atom is 0.307 e. The Balaban J connectivity index is 0.00000341. The fourth-order valence-corrected chi connectivity index (χ4v) is 3.15. The summed E-state index contributed by atoms with van der Waals surface area (Å²) in [6.07, 6.45) is 6.60. The van der Waals surface area contributed by atoms with Crippen LogP contribution in [0, 0.1) is 6.92 Å². The van der Waals surface area contributed by atoms with Gasteiger partial charge in [0.2, 0.25) is 0 Å². The van der Waals surface area contributed by atoms with Crippen LogP contribution in [-0.2, 0) is 6.42 Å². The predicted molar refractivity (Wildman–Crippen MR) is 126 cm³/mol. The lowest BCUT2D eigenvalue weighted by molar-refractivity contribution is -0.685. The van der Waals surface area contributed by atoms with E-state index in [1.54, 1.807) is 0 Å². The summed E-state index contributed by atoms with van der Waals surface area (Å²) in [5.74, 6) is 1.02. The van der Waals surface area contributed by atoms with E-state index in [-0.39, 0.29) is 12.4 Å². The quantitative estimate of drug-likeness (QED) is 0.399. The highest BCUT2D eigenvalue weighted by molar-refractivity contribution is 5.80. The topological polar surface area (TPSA) is 40.0 Å². The number of rotatable bonds is 7. The SMILES string of the molecule is CCc1n(N=Cc2ccc(N(C)C)cc2)c(C)c[n+]1N=Cc1ccc(N(C)C)cc1.[Cl-]. The monoisotopic (exact) mass is 438 g/mol. The van der Waals surface area contributed by atoms with E-state index in [1.807, 2.05) is 63.1 Å². The van der Waals surface area contributed by atoms with Crippen molar-refractivity contribution >= 4 is 23.8 Å². The third kappa shape index (κ3) is 5.95. The van der Waals surface area contributed by atoms with E-state index in [0.717, 1.165) is 29.1 Å². The van der Waals surface area contributed by atoms with Crippen LogP contribution < -0.4 is 26.9 Å². The van der Waals surface area contributed by atoms with Gasteiger partial charge in [-0.3, -0.25) is 0 Å². The number of hydrogen-bond acceptors (Lipinski definition) is 4. The van der Waals surface area contributed by atoms with Gasteiger partial charge in [0.25, 0.3) is 0 Å². The van der Waals surface area contributed by atoms with Crippen LogP contribution in [0.4, 0.5) is 11.4 Å². The molecule has 0 radical (unpaired) electrons. The first kappa shape index (κ1) is 24.2. The summed E-state index contributed by atoms with van der Waals surface area (Å²) in [5.41, 5.74) is 5.50. The molecule has 164 valence electrons. The Morgan fingerprint density at radius 3 is 1.77 bits per heavy atom. The molecule has 0 atom stereocenters. The van der Waals surface area contributed by atoms with E-state index in [4.69, 9.17) is 5.10 Å². The maximum absolute atomic E-state index is 4.71. The Labute approximate surface area is 191 Å². The molecule has 7 heteroatoms. The zero-order chi connectivity index (χ0) is 21.7. The highest BCUT2D eigenvalue weighted by Crippen LogP contribution is 2.12. The van der Waals surface area contributed by atoms with Gasteiger partial charge in [-0.25, -0.2) is 0 Å². The van der Waals surface area contributed by atoms with Crippen molar-refractivity contribution in [3.05, 3.63) is 77.4 Å². The highest BCUT2D eigenvalue weighted by atomic mass is 35.5. The molecule has 0 aliphatic rings. The summed E-state index contributed by atoms with van der Waals surface area (Å²) >= 11 is 0. The van der Waals surface area contributed by atoms with E-state index in [1.165, 1.54) is 11.4 Å². The van der Waals surface area contributed by atoms with Crippen molar-refractivity contribution in [3.63, 3.8) is 0 Å². The minimum absolute atomic E-state index is 0. The smallest absolute Gasteiger partial charge is 0.307 e. The van der Waals surface area contributed by atoms with Crippen molar-refractivity contribution in [3.8, 4) is 0 Å². The second-order valence-corrected chi connectivity index (χ2v) is 7.66. The Kier molecular flexibility index (Phi) is 8.39. The summed E-state index contributed by atoms with van der Waals surface area (Å²) in [6.45, 7) is 4.16. The van der Waals surface area contributed by atoms with Gasteiger partial charge >= 0.3 is 5.82 Å². The molecule has 0 N–H and O–H groups in total. The van der Waals surface area contributed by atoms with Crippen LogP contribution in [0.25, 0.3) is 0 Å². The summed E-state index contributed by atoms with van der Waals surface area (Å²) < 4.78 is 3.86. The first-order valence-electron chi connectivity index (χ1n) is 10.2. The van der Waals surface area contributed by atoms with Gasteiger partial charge in [-0.15, -0.1) is 9.35 Å². The number of halogens is 1. The van der Waals surface area contributed by atoms with Crippen molar-refractivity contribution in [2.45, 2.75) is 20.3 Å². The third-order valence-corrected chi connectivity index (χ3v) is 4.94. The molecule has 0 bridgehead atoms. The first-order chi connectivity index (χ1) is 14.4. The summed E-state index contributed by atoms with van der Waals surface area (Å²) in [7, 11) is 8.15. The molecule has 3 rings (SSSR count). The zero-order valence-corrected chi connectivity index (χ0v) is 19.9. The van der Waals surface area contributed by atoms with Crippen molar-refractivity contribution in [2.24, 2.45) is 10.2 Å². The lowest BCUT2D eigenvalue weighted by Gasteiger charge is -2.11. The van der Waals surface area contributed by atoms with Crippen LogP contribution >= 0.6 is 0 Å². The number of nitrogens with zero attached hydrogens (tertiary/aromatic N) is 6. The van der Waals surface area contributed by atoms with E-state index < -0.39 is 0 Å². The molecular formula is C24H31ClN6. The summed E-state index contributed by atoms with van der Waals surface area (Å²) in [4.78, 5) is 4.17. The van der Waals surface area contributed by atoms with E-state index >= 15 is 0 Å². The van der Waals surface area contributed by atoms with Crippen LogP contribution in [0.15, 0.2) is 64.9 Å². The molecule has 0 fully saturated rings. The van der Waals surface area contributed by atoms with E-state index in [9.17, 15) is 0 Å². The molecule has 2 aromatic carbocycles. The number of imidazole rings is 1. The largest absolute Gasteiger partial charge is 1.00 e. The molecule has 1 aromatic heterocycles. The van der Waals surface area contributed by atoms with Gasteiger partial charge in [-0.05, 0) is 35.4 Å². The predicted octanol–water partition coefficient (Wildman–Crippen LogP) is 0.547. The fourth-order valence-electron chi connectivity index (χ4n) is 3.15. The van der Waals surface area contributed by atoms with Gasteiger partial charge in [0.15, 0.2) is 11.9 Å². The van der Waals surface area contributed by atoms with Crippen molar-refractivity contribution in [1.29, 1.82) is 0 Å². The number of anilines is 2. The molecule has 0 amide bonds. The lowest BCUT2D eigenvalue weighted by Crippen LogP contribution is -3.00. The Morgan fingerprint density at radius 2 is 1.32 bits per heavy atom. The molecule has 3 aromatic rings. The molecule has 0 aliphatic carbocycles. The molecule has 0 spiro atoms. The van der Waals surface area contributed by atoms with Crippen molar-refractivity contribution < 1.29 is 17.1 Å². The van der Waals surface area contributed by atoms with Crippen molar-refractivity contribution in [2.75, 3.05) is 38.0 Å². The molecule has 6 nitrogen and oxygen atoms in total. The van der Waals surface area contributed by atoms with Crippen molar-refractivity contribution in [1.82, 2.24) is 4.68 Å². The van der Waals surface area contributed by atoms with Gasteiger partial charge in [0.1, 0.15) is 0 Å². The molecule has 0 aliphatic heterocycles. The number of aryl methyl sites for hydroxylation is 1. The molecule has 0 saturated carbocycles. The van der Waals surface area contributed by atoms with E-state index in [2.05, 4.69) is 70.4 Å². The minimum Gasteiger partial charge on any atom is -1.00 e. The zero-order valence-electron chi connectivity index (χ0n) is 19.1. The second-order valence-electron chi connectivity index (χ2n) is 7.66. The second kappa shape index (κ2) is 10.8. The van der Waals surface area contributed by atoms with Crippen LogP contribution in [0.2, 0.25) is 0 Å². The fraction of sp³-hybridized carbons (Fsp3) is 0.292. The Morgan fingerprint density at radius 1 is 0.839 bits per heavy atom. The van der Waals surface area contributed by atoms with Gasteiger partial charge in [0.05, 0.1) is 18.9 Å². The lowest BCUT2D eigenvalue weighted by atomic mass is 10.2. The number of hydrogen-bond donors (Lipinski definition) is 0. The van der Waals surface area contributed by atoms with Crippen LogP contribution in [0.5, 0.6) is 0 Å². The third-order valence-electron chi connectivity index (χ3n) is 4.94. The Hall–Kier alpha value is -3.12. The molecule has 0 unspecified atom stereocenters. The van der Waals surface area contributed by atoms with Crippen LogP contribution in [0.1, 0.15) is 29.6 Å². The molecule has 1 heterocycles. The van der Waals surface area contributed by atoms with Gasteiger partial charge in [-0.2, -0.15) is 0 Å². The summed E-state index contributed by atoms with van der Waals surface area (Å²) in [5, 5.41) is 9.37. The van der Waals surface area contributed by atoms with Crippen LogP contribution in [-0.4, -0.2) is 45.3 Å². The first-order valence-corrected chi connectivity index (χ1v) is 10.2. The van der Waals surface area contributed by atoms with Crippen LogP contribution in [0.3, 0.4) is 0 Å². The average molecular weight is 439 g/mol. The van der Waals surface area contributed by atoms with Gasteiger partial charge in [0, 0.05) is 46.5 Å². The van der Waals surface area contributed by atoms with Gasteiger partial charge in [-0.1, -0.05) is 41.4 Å². The standard InChI is InChI=1S/C24H31N6.ClH/c1-7-24-29(25-16-20-8-12-22(13-9-20)27(3)4)18-19(2)30(24)26-17-21-10-14-23(15-11-21)28(5)6;/h8-18H,7H2,1-6H3;1H/q+1;/p-1. The van der Waals surface area contributed by atoms with E-state index in [0.29, 0.717) is 0 Å². The molecule has 0 saturated heterocycles. The normalized spacial score (nSPS) is 11.2. The molecule has 31 heavy (non-hydrogen) atoms. The number of benzene rings is 2. The maximum atomic E-state index is 4.71. The Bertz CT molecular complexity index is 1030. The molecular weight excluding hydrogens is 408 g/mol. The number of aromatic nitrogens is 2. The average Bonchev–Trinajstić information content (AvgIpc) is 3.05. The highest BCUT2D eigenvalue weighted by Gasteiger charge is 2.19.